The van der Waals surface area contributed by atoms with E-state index in [0.717, 1.165) is 0 Å². The molecule has 41 heavy (non-hydrogen) atoms. The zero-order valence-corrected chi connectivity index (χ0v) is 19.6. The molecule has 0 radical (unpaired) electrons. The number of hydrogen-bond donors (Lipinski definition) is 2. The quantitative estimate of drug-likeness (QED) is 0.188. The van der Waals surface area contributed by atoms with E-state index in [1.54, 1.807) is 0 Å². The lowest BCUT2D eigenvalue weighted by Gasteiger charge is -2.44. The first-order valence-electron chi connectivity index (χ1n) is 8.96. The summed E-state index contributed by atoms with van der Waals surface area (Å²) in [6, 6.07) is 0. The molecule has 4 nitrogen and oxygen atoms in total. The van der Waals surface area contributed by atoms with Gasteiger partial charge in [-0.15, -0.1) is 0 Å². The van der Waals surface area contributed by atoms with Crippen LogP contribution in [0.2, 0.25) is 0 Å². The van der Waals surface area contributed by atoms with Crippen LogP contribution in [0.5, 0.6) is 0 Å². The highest BCUT2D eigenvalue weighted by atomic mass is 32.2. The molecule has 0 heterocycles. The molecule has 250 valence electrons. The molecular weight excluding hydrogens is 680 g/mol. The van der Waals surface area contributed by atoms with Gasteiger partial charge in [-0.1, -0.05) is 0 Å². The third kappa shape index (κ3) is 6.20. The highest BCUT2D eigenvalue weighted by molar-refractivity contribution is 7.87. The van der Waals surface area contributed by atoms with Gasteiger partial charge in [-0.2, -0.15) is 101 Å². The van der Waals surface area contributed by atoms with Crippen molar-refractivity contribution in [1.82, 2.24) is 5.32 Å². The van der Waals surface area contributed by atoms with Gasteiger partial charge in [0.05, 0.1) is 6.42 Å². The largest absolute Gasteiger partial charge is 0.438 e. The molecule has 1 atom stereocenters. The molecular formula is C14H11F22NO3S. The lowest BCUT2D eigenvalue weighted by atomic mass is 9.86. The smallest absolute Gasteiger partial charge is 0.323 e. The zero-order chi connectivity index (χ0) is 34.5. The molecule has 0 saturated carbocycles. The first kappa shape index (κ1) is 41.5. The Labute approximate surface area is 211 Å². The molecule has 0 spiro atoms. The molecule has 0 aliphatic carbocycles. The summed E-state index contributed by atoms with van der Waals surface area (Å²) in [6.07, 6.45) is -16.1. The van der Waals surface area contributed by atoms with E-state index in [1.165, 1.54) is 0 Å². The summed E-state index contributed by atoms with van der Waals surface area (Å²) >= 11 is 0. The van der Waals surface area contributed by atoms with Crippen LogP contribution in [-0.2, 0) is 10.1 Å². The van der Waals surface area contributed by atoms with E-state index >= 15 is 0 Å². The molecule has 0 fully saturated rings. The van der Waals surface area contributed by atoms with Crippen molar-refractivity contribution in [3.05, 3.63) is 0 Å². The van der Waals surface area contributed by atoms with Crippen molar-refractivity contribution in [3.63, 3.8) is 0 Å². The van der Waals surface area contributed by atoms with Crippen LogP contribution in [0.1, 0.15) is 6.42 Å². The minimum atomic E-state index is -9.36. The summed E-state index contributed by atoms with van der Waals surface area (Å²) in [6.45, 7) is 0. The molecule has 0 aromatic rings. The Morgan fingerprint density at radius 3 is 0.976 bits per heavy atom. The van der Waals surface area contributed by atoms with Gasteiger partial charge in [0.25, 0.3) is 0 Å². The van der Waals surface area contributed by atoms with E-state index in [2.05, 4.69) is 5.32 Å². The van der Waals surface area contributed by atoms with Crippen molar-refractivity contribution in [3.8, 4) is 0 Å². The van der Waals surface area contributed by atoms with E-state index < -0.39 is 81.5 Å². The number of nitrogens with one attached hydrogen (secondary N) is 1. The van der Waals surface area contributed by atoms with Gasteiger partial charge in [0.2, 0.25) is 0 Å². The van der Waals surface area contributed by atoms with Crippen LogP contribution in [0.4, 0.5) is 96.6 Å². The van der Waals surface area contributed by atoms with Crippen molar-refractivity contribution < 1.29 is 110 Å². The van der Waals surface area contributed by atoms with Gasteiger partial charge < -0.3 is 5.32 Å². The second-order valence-electron chi connectivity index (χ2n) is 7.42. The maximum Gasteiger partial charge on any atom is 0.438 e. The molecule has 0 rings (SSSR count). The fourth-order valence-corrected chi connectivity index (χ4v) is 2.52. The standard InChI is InChI=1S/C12H4F22O3S.C2H7N/c13-2(1-3(14,15)16)4(17,18)5(19,20)6(21,22)7(23,24)8(25,26)9(27,28)10(29,30)11(31,32)12(33,34)38(35,36)37;1-3-2/h2H,1H2,(H,35,36,37);3H,1-2H3. The lowest BCUT2D eigenvalue weighted by molar-refractivity contribution is -0.461. The Bertz CT molecular complexity index is 1000. The first-order valence-corrected chi connectivity index (χ1v) is 10.4. The lowest BCUT2D eigenvalue weighted by Crippen LogP contribution is -2.76. The van der Waals surface area contributed by atoms with Crippen molar-refractivity contribution in [2.45, 2.75) is 71.4 Å². The predicted molar refractivity (Wildman–Crippen MR) is 86.6 cm³/mol. The Balaban J connectivity index is 0. The van der Waals surface area contributed by atoms with Crippen molar-refractivity contribution in [2.24, 2.45) is 0 Å². The SMILES string of the molecule is CNC.O=S(=O)(O)C(F)(F)C(F)(F)C(F)(F)C(F)(F)C(F)(F)C(F)(F)C(F)(F)C(F)(F)C(F)(F)C(F)CC(F)(F)F. The molecule has 0 amide bonds. The molecule has 0 saturated heterocycles. The number of rotatable bonds is 11. The average molecular weight is 691 g/mol. The normalized spacial score (nSPS) is 16.7. The highest BCUT2D eigenvalue weighted by Gasteiger charge is 2.97. The third-order valence-electron chi connectivity index (χ3n) is 4.28. The molecule has 27 heteroatoms. The molecule has 1 unspecified atom stereocenters. The fraction of sp³-hybridized carbons (Fsp3) is 1.00. The van der Waals surface area contributed by atoms with Gasteiger partial charge in [-0.05, 0) is 14.1 Å². The molecule has 0 aromatic carbocycles. The van der Waals surface area contributed by atoms with Gasteiger partial charge in [-0.3, -0.25) is 4.55 Å². The monoisotopic (exact) mass is 691 g/mol. The topological polar surface area (TPSA) is 66.4 Å². The Morgan fingerprint density at radius 1 is 0.537 bits per heavy atom. The van der Waals surface area contributed by atoms with Crippen molar-refractivity contribution >= 4 is 10.1 Å². The Hall–Kier alpha value is -1.67. The molecule has 0 aliphatic rings. The van der Waals surface area contributed by atoms with Crippen LogP contribution < -0.4 is 5.32 Å². The third-order valence-corrected chi connectivity index (χ3v) is 5.18. The van der Waals surface area contributed by atoms with Gasteiger partial charge in [0.15, 0.2) is 6.17 Å². The summed E-state index contributed by atoms with van der Waals surface area (Å²) in [5, 5.41) is -5.32. The maximum absolute atomic E-state index is 13.5. The van der Waals surface area contributed by atoms with Crippen LogP contribution >= 0.6 is 0 Å². The fourth-order valence-electron chi connectivity index (χ4n) is 2.07. The maximum atomic E-state index is 13.5. The van der Waals surface area contributed by atoms with E-state index in [1.807, 2.05) is 14.1 Å². The van der Waals surface area contributed by atoms with Crippen LogP contribution in [0.25, 0.3) is 0 Å². The van der Waals surface area contributed by atoms with Crippen molar-refractivity contribution in [1.29, 1.82) is 0 Å². The molecule has 2 N–H and O–H groups in total. The Morgan fingerprint density at radius 2 is 0.756 bits per heavy atom. The van der Waals surface area contributed by atoms with Gasteiger partial charge in [-0.25, -0.2) is 4.39 Å². The second kappa shape index (κ2) is 11.1. The minimum Gasteiger partial charge on any atom is -0.323 e. The van der Waals surface area contributed by atoms with E-state index in [-0.39, 0.29) is 0 Å². The van der Waals surface area contributed by atoms with Crippen LogP contribution in [0.3, 0.4) is 0 Å². The number of halogens is 22. The summed E-state index contributed by atoms with van der Waals surface area (Å²) in [4.78, 5) is 0. The van der Waals surface area contributed by atoms with Crippen molar-refractivity contribution in [2.75, 3.05) is 14.1 Å². The van der Waals surface area contributed by atoms with E-state index in [9.17, 15) is 105 Å². The summed E-state index contributed by atoms with van der Waals surface area (Å²) in [7, 11) is -4.36. The zero-order valence-electron chi connectivity index (χ0n) is 18.8. The van der Waals surface area contributed by atoms with E-state index in [4.69, 9.17) is 4.55 Å². The first-order chi connectivity index (χ1) is 17.3. The molecule has 0 aliphatic heterocycles. The summed E-state index contributed by atoms with van der Waals surface area (Å²) in [5.41, 5.74) is 0. The molecule has 0 bridgehead atoms. The Kier molecular flexibility index (Phi) is 11.2. The predicted octanol–water partition coefficient (Wildman–Crippen LogP) is 6.68. The van der Waals surface area contributed by atoms with Crippen LogP contribution in [0.15, 0.2) is 0 Å². The van der Waals surface area contributed by atoms with Gasteiger partial charge in [0, 0.05) is 0 Å². The average Bonchev–Trinajstić information content (AvgIpc) is 2.70. The number of hydrogen-bond acceptors (Lipinski definition) is 3. The second-order valence-corrected chi connectivity index (χ2v) is 8.89. The number of alkyl halides is 22. The minimum absolute atomic E-state index is 1.88. The summed E-state index contributed by atoms with van der Waals surface area (Å²) in [5.74, 6) is -71.5. The highest BCUT2D eigenvalue weighted by Crippen LogP contribution is 2.65. The van der Waals surface area contributed by atoms with E-state index in [0.29, 0.717) is 0 Å². The van der Waals surface area contributed by atoms with Crippen LogP contribution in [0, 0.1) is 0 Å². The van der Waals surface area contributed by atoms with Gasteiger partial charge >= 0.3 is 68.9 Å². The molecule has 0 aromatic heterocycles. The van der Waals surface area contributed by atoms with Crippen LogP contribution in [-0.4, -0.2) is 92.0 Å². The summed E-state index contributed by atoms with van der Waals surface area (Å²) < 4.78 is 316. The van der Waals surface area contributed by atoms with Gasteiger partial charge in [0.1, 0.15) is 0 Å².